The zero-order valence-electron chi connectivity index (χ0n) is 29.6. The lowest BCUT2D eigenvalue weighted by atomic mass is 9.90. The van der Waals surface area contributed by atoms with Crippen molar-refractivity contribution in [2.45, 2.75) is 0 Å². The predicted molar refractivity (Wildman–Crippen MR) is 226 cm³/mol. The Bertz CT molecular complexity index is 2770. The van der Waals surface area contributed by atoms with Gasteiger partial charge in [0.2, 0.25) is 0 Å². The summed E-state index contributed by atoms with van der Waals surface area (Å²) < 4.78 is 7.29. The molecule has 0 saturated heterocycles. The highest BCUT2D eigenvalue weighted by Gasteiger charge is 2.28. The number of anilines is 3. The minimum atomic E-state index is 0.815. The molecule has 0 radical (unpaired) electrons. The topological polar surface area (TPSA) is 12.5 Å². The van der Waals surface area contributed by atoms with Crippen molar-refractivity contribution in [2.75, 3.05) is 4.90 Å². The maximum atomic E-state index is 7.29. The Kier molecular flexibility index (Phi) is 7.85. The third-order valence-corrected chi connectivity index (χ3v) is 10.5. The third-order valence-electron chi connectivity index (χ3n) is 10.5. The van der Waals surface area contributed by atoms with E-state index in [2.05, 4.69) is 217 Å². The standard InChI is InChI=1S/C52H35NO/c1-4-15-36(16-5-1)38-27-30-43(31-28-38)53(49-25-13-12-23-44(49)39-19-8-3-9-20-39)50-26-14-24-46-45-32-29-42(37-17-6-2-7-18-37)33-47(45)48-34-40-21-10-11-22-41(40)35-51(48)54-52(46)50/h1-35H. The molecule has 0 spiro atoms. The Labute approximate surface area is 315 Å². The molecule has 2 heteroatoms. The first-order valence-electron chi connectivity index (χ1n) is 18.4. The predicted octanol–water partition coefficient (Wildman–Crippen LogP) is 14.8. The summed E-state index contributed by atoms with van der Waals surface area (Å²) >= 11 is 0. The second-order valence-corrected chi connectivity index (χ2v) is 13.7. The molecule has 0 aromatic heterocycles. The highest BCUT2D eigenvalue weighted by Crippen LogP contribution is 2.54. The number of nitrogens with zero attached hydrogens (tertiary/aromatic N) is 1. The lowest BCUT2D eigenvalue weighted by Crippen LogP contribution is -2.12. The number of ether oxygens (including phenoxy) is 1. The van der Waals surface area contributed by atoms with Crippen LogP contribution in [0.5, 0.6) is 11.5 Å². The van der Waals surface area contributed by atoms with Gasteiger partial charge in [-0.25, -0.2) is 0 Å². The highest BCUT2D eigenvalue weighted by molar-refractivity contribution is 6.01. The molecule has 254 valence electrons. The summed E-state index contributed by atoms with van der Waals surface area (Å²) in [5.74, 6) is 1.65. The van der Waals surface area contributed by atoms with E-state index in [1.807, 2.05) is 0 Å². The molecule has 54 heavy (non-hydrogen) atoms. The van der Waals surface area contributed by atoms with Gasteiger partial charge in [-0.3, -0.25) is 0 Å². The van der Waals surface area contributed by atoms with Gasteiger partial charge in [0, 0.05) is 22.4 Å². The van der Waals surface area contributed by atoms with E-state index >= 15 is 0 Å². The summed E-state index contributed by atoms with van der Waals surface area (Å²) in [6, 6.07) is 75.7. The van der Waals surface area contributed by atoms with Crippen LogP contribution in [0.15, 0.2) is 212 Å². The van der Waals surface area contributed by atoms with Crippen molar-refractivity contribution in [3.63, 3.8) is 0 Å². The molecule has 0 N–H and O–H groups in total. The summed E-state index contributed by atoms with van der Waals surface area (Å²) in [4.78, 5) is 2.36. The Balaban J connectivity index is 1.23. The fraction of sp³-hybridized carbons (Fsp3) is 0. The van der Waals surface area contributed by atoms with Crippen molar-refractivity contribution >= 4 is 27.8 Å². The zero-order chi connectivity index (χ0) is 35.8. The number of hydrogen-bond acceptors (Lipinski definition) is 2. The van der Waals surface area contributed by atoms with Crippen LogP contribution < -0.4 is 9.64 Å². The van der Waals surface area contributed by atoms with Gasteiger partial charge in [0.25, 0.3) is 0 Å². The fourth-order valence-corrected chi connectivity index (χ4v) is 7.83. The SMILES string of the molecule is c1ccc(-c2ccc(N(c3ccccc3-c3ccccc3)c3cccc4c3Oc3cc5ccccc5cc3-c3cc(-c5ccccc5)ccc3-4)cc2)cc1. The molecule has 0 amide bonds. The van der Waals surface area contributed by atoms with Crippen molar-refractivity contribution in [1.82, 2.24) is 0 Å². The molecule has 0 bridgehead atoms. The van der Waals surface area contributed by atoms with Crippen LogP contribution in [0.4, 0.5) is 17.1 Å². The number of rotatable bonds is 6. The van der Waals surface area contributed by atoms with Gasteiger partial charge in [0.05, 0.1) is 11.4 Å². The average Bonchev–Trinajstić information content (AvgIpc) is 3.38. The number of fused-ring (bicyclic) bond motifs is 6. The zero-order valence-corrected chi connectivity index (χ0v) is 29.6. The first-order chi connectivity index (χ1) is 26.8. The largest absolute Gasteiger partial charge is 0.454 e. The molecule has 9 aromatic carbocycles. The Morgan fingerprint density at radius 1 is 0.296 bits per heavy atom. The van der Waals surface area contributed by atoms with Crippen molar-refractivity contribution in [3.05, 3.63) is 212 Å². The van der Waals surface area contributed by atoms with E-state index in [0.717, 1.165) is 67.3 Å². The van der Waals surface area contributed by atoms with Gasteiger partial charge in [-0.1, -0.05) is 170 Å². The van der Waals surface area contributed by atoms with Crippen molar-refractivity contribution in [2.24, 2.45) is 0 Å². The average molecular weight is 690 g/mol. The molecular formula is C52H35NO. The minimum Gasteiger partial charge on any atom is -0.454 e. The van der Waals surface area contributed by atoms with Crippen LogP contribution in [0.3, 0.4) is 0 Å². The molecule has 0 unspecified atom stereocenters. The molecule has 10 rings (SSSR count). The Morgan fingerprint density at radius 2 is 0.833 bits per heavy atom. The van der Waals surface area contributed by atoms with Crippen LogP contribution in [0.2, 0.25) is 0 Å². The van der Waals surface area contributed by atoms with E-state index in [0.29, 0.717) is 0 Å². The molecule has 0 aliphatic carbocycles. The molecule has 0 saturated carbocycles. The minimum absolute atomic E-state index is 0.815. The molecule has 0 atom stereocenters. The van der Waals surface area contributed by atoms with Crippen LogP contribution >= 0.6 is 0 Å². The monoisotopic (exact) mass is 689 g/mol. The van der Waals surface area contributed by atoms with Gasteiger partial charge in [0.15, 0.2) is 5.75 Å². The molecule has 0 fully saturated rings. The number of para-hydroxylation sites is 2. The molecule has 9 aromatic rings. The molecule has 1 aliphatic heterocycles. The second kappa shape index (κ2) is 13.4. The maximum absolute atomic E-state index is 7.29. The summed E-state index contributed by atoms with van der Waals surface area (Å²) in [6.07, 6.45) is 0. The summed E-state index contributed by atoms with van der Waals surface area (Å²) in [5, 5.41) is 2.32. The first-order valence-corrected chi connectivity index (χ1v) is 18.4. The van der Waals surface area contributed by atoms with E-state index in [-0.39, 0.29) is 0 Å². The van der Waals surface area contributed by atoms with E-state index in [4.69, 9.17) is 4.74 Å². The van der Waals surface area contributed by atoms with Crippen LogP contribution in [0.1, 0.15) is 0 Å². The molecule has 1 aliphatic rings. The fourth-order valence-electron chi connectivity index (χ4n) is 7.83. The van der Waals surface area contributed by atoms with Gasteiger partial charge < -0.3 is 9.64 Å². The first kappa shape index (κ1) is 31.6. The number of benzene rings is 9. The lowest BCUT2D eigenvalue weighted by Gasteiger charge is -2.30. The van der Waals surface area contributed by atoms with Gasteiger partial charge >= 0.3 is 0 Å². The Hall–Kier alpha value is -7.16. The lowest BCUT2D eigenvalue weighted by molar-refractivity contribution is 0.489. The van der Waals surface area contributed by atoms with E-state index in [9.17, 15) is 0 Å². The van der Waals surface area contributed by atoms with Crippen LogP contribution in [0.25, 0.3) is 66.4 Å². The molecule has 1 heterocycles. The van der Waals surface area contributed by atoms with Crippen LogP contribution in [0, 0.1) is 0 Å². The quantitative estimate of drug-likeness (QED) is 0.172. The second-order valence-electron chi connectivity index (χ2n) is 13.7. The van der Waals surface area contributed by atoms with Crippen molar-refractivity contribution in [3.8, 4) is 67.1 Å². The Morgan fingerprint density at radius 3 is 1.56 bits per heavy atom. The molecule has 2 nitrogen and oxygen atoms in total. The van der Waals surface area contributed by atoms with Gasteiger partial charge in [0.1, 0.15) is 5.75 Å². The van der Waals surface area contributed by atoms with Crippen LogP contribution in [-0.2, 0) is 0 Å². The molecular weight excluding hydrogens is 655 g/mol. The van der Waals surface area contributed by atoms with Gasteiger partial charge in [-0.2, -0.15) is 0 Å². The highest BCUT2D eigenvalue weighted by atomic mass is 16.5. The van der Waals surface area contributed by atoms with E-state index in [1.54, 1.807) is 0 Å². The number of hydrogen-bond donors (Lipinski definition) is 0. The smallest absolute Gasteiger partial charge is 0.159 e. The normalized spacial score (nSPS) is 11.5. The van der Waals surface area contributed by atoms with Crippen molar-refractivity contribution in [1.29, 1.82) is 0 Å². The maximum Gasteiger partial charge on any atom is 0.159 e. The van der Waals surface area contributed by atoms with E-state index < -0.39 is 0 Å². The van der Waals surface area contributed by atoms with E-state index in [1.165, 1.54) is 27.6 Å². The van der Waals surface area contributed by atoms with Crippen molar-refractivity contribution < 1.29 is 4.74 Å². The summed E-state index contributed by atoms with van der Waals surface area (Å²) in [6.45, 7) is 0. The van der Waals surface area contributed by atoms with Gasteiger partial charge in [-0.05, 0) is 92.2 Å². The van der Waals surface area contributed by atoms with Gasteiger partial charge in [-0.15, -0.1) is 0 Å². The van der Waals surface area contributed by atoms with Crippen LogP contribution in [-0.4, -0.2) is 0 Å². The summed E-state index contributed by atoms with van der Waals surface area (Å²) in [5.41, 5.74) is 14.5. The summed E-state index contributed by atoms with van der Waals surface area (Å²) in [7, 11) is 0. The third kappa shape index (κ3) is 5.62.